The van der Waals surface area contributed by atoms with Crippen LogP contribution >= 0.6 is 11.6 Å². The van der Waals surface area contributed by atoms with Crippen LogP contribution in [0.3, 0.4) is 0 Å². The summed E-state index contributed by atoms with van der Waals surface area (Å²) in [5.74, 6) is -4.97. The topological polar surface area (TPSA) is 122 Å². The van der Waals surface area contributed by atoms with Gasteiger partial charge < -0.3 is 18.9 Å². The monoisotopic (exact) mass is 504 g/mol. The van der Waals surface area contributed by atoms with Gasteiger partial charge in [0.1, 0.15) is 0 Å². The lowest BCUT2D eigenvalue weighted by atomic mass is 9.89. The van der Waals surface area contributed by atoms with Crippen molar-refractivity contribution in [2.75, 3.05) is 13.6 Å². The summed E-state index contributed by atoms with van der Waals surface area (Å²) in [6, 6.07) is 14.0. The third kappa shape index (κ3) is 9.58. The van der Waals surface area contributed by atoms with Gasteiger partial charge in [-0.15, -0.1) is 0 Å². The van der Waals surface area contributed by atoms with Crippen molar-refractivity contribution in [2.24, 2.45) is 0 Å². The van der Waals surface area contributed by atoms with Gasteiger partial charge in [0.25, 0.3) is 0 Å². The van der Waals surface area contributed by atoms with Crippen LogP contribution in [0.4, 0.5) is 0 Å². The van der Waals surface area contributed by atoms with Crippen LogP contribution < -0.4 is 0 Å². The highest BCUT2D eigenvalue weighted by atomic mass is 35.5. The second kappa shape index (κ2) is 13.9. The first-order valence-electron chi connectivity index (χ1n) is 10.7. The summed E-state index contributed by atoms with van der Waals surface area (Å²) in [7, 11) is 0. The first-order chi connectivity index (χ1) is 16.7. The number of carbonyl (C=O) groups excluding carboxylic acids is 5. The molecule has 0 amide bonds. The van der Waals surface area contributed by atoms with Crippen molar-refractivity contribution in [3.8, 4) is 0 Å². The summed E-state index contributed by atoms with van der Waals surface area (Å²) in [6.07, 6.45) is 0.696. The minimum absolute atomic E-state index is 0.0322. The summed E-state index contributed by atoms with van der Waals surface area (Å²) in [5.41, 5.74) is 2.33. The normalized spacial score (nSPS) is 11.2. The van der Waals surface area contributed by atoms with Gasteiger partial charge in [0.05, 0.1) is 6.42 Å². The predicted octanol–water partition coefficient (Wildman–Crippen LogP) is 3.76. The molecule has 0 aromatic heterocycles. The number of benzene rings is 2. The molecule has 0 saturated carbocycles. The van der Waals surface area contributed by atoms with Crippen LogP contribution in [0.15, 0.2) is 48.5 Å². The van der Waals surface area contributed by atoms with Crippen LogP contribution in [0.5, 0.6) is 0 Å². The summed E-state index contributed by atoms with van der Waals surface area (Å²) in [4.78, 5) is 58.8. The Bertz CT molecular complexity index is 1050. The molecular weight excluding hydrogens is 480 g/mol. The van der Waals surface area contributed by atoms with E-state index >= 15 is 0 Å². The van der Waals surface area contributed by atoms with E-state index in [1.807, 2.05) is 19.1 Å². The Morgan fingerprint density at radius 3 is 1.89 bits per heavy atom. The molecule has 0 aliphatic rings. The van der Waals surface area contributed by atoms with Crippen molar-refractivity contribution in [3.05, 3.63) is 70.2 Å². The molecule has 0 heterocycles. The molecule has 1 atom stereocenters. The largest absolute Gasteiger partial charge is 0.428 e. The molecule has 0 fully saturated rings. The molecule has 10 heteroatoms. The van der Waals surface area contributed by atoms with Crippen molar-refractivity contribution in [3.63, 3.8) is 0 Å². The zero-order chi connectivity index (χ0) is 25.8. The molecule has 2 aromatic carbocycles. The zero-order valence-electron chi connectivity index (χ0n) is 19.3. The van der Waals surface area contributed by atoms with Crippen molar-refractivity contribution >= 4 is 41.3 Å². The fourth-order valence-corrected chi connectivity index (χ4v) is 3.13. The lowest BCUT2D eigenvalue weighted by molar-refractivity contribution is -0.185. The van der Waals surface area contributed by atoms with Gasteiger partial charge in [-0.2, -0.15) is 0 Å². The Hall–Kier alpha value is -3.72. The molecular formula is C25H25ClO9. The van der Waals surface area contributed by atoms with Gasteiger partial charge in [0.2, 0.25) is 13.6 Å². The average molecular weight is 505 g/mol. The average Bonchev–Trinajstić information content (AvgIpc) is 2.83. The number of aryl methyl sites for hydroxylation is 1. The molecule has 0 N–H and O–H groups in total. The number of ether oxygens (including phenoxy) is 4. The maximum atomic E-state index is 12.9. The van der Waals surface area contributed by atoms with Gasteiger partial charge >= 0.3 is 23.9 Å². The van der Waals surface area contributed by atoms with Crippen molar-refractivity contribution in [1.82, 2.24) is 0 Å². The zero-order valence-corrected chi connectivity index (χ0v) is 20.0. The van der Waals surface area contributed by atoms with Crippen LogP contribution in [0, 0.1) is 0 Å². The quantitative estimate of drug-likeness (QED) is 0.195. The fraction of sp³-hybridized carbons (Fsp3) is 0.320. The maximum Gasteiger partial charge on any atom is 0.420 e. The van der Waals surface area contributed by atoms with E-state index in [1.54, 1.807) is 36.4 Å². The standard InChI is InChI=1S/C25H25ClO9/c1-3-17-4-6-19(7-5-17)22(28)12-20(18-8-10-21(26)11-9-18)13-23(29)33-15-35-25(31)24(30)34-14-32-16(2)27/h4-11,20H,3,12-15H2,1-2H3. The van der Waals surface area contributed by atoms with Gasteiger partial charge in [0, 0.05) is 29.8 Å². The van der Waals surface area contributed by atoms with E-state index in [0.29, 0.717) is 16.1 Å². The Kier molecular flexibility index (Phi) is 10.9. The first kappa shape index (κ1) is 27.5. The van der Waals surface area contributed by atoms with Crippen molar-refractivity contribution in [2.45, 2.75) is 39.0 Å². The molecule has 2 rings (SSSR count). The molecule has 1 unspecified atom stereocenters. The van der Waals surface area contributed by atoms with Crippen LogP contribution in [0.1, 0.15) is 54.1 Å². The highest BCUT2D eigenvalue weighted by Gasteiger charge is 2.23. The predicted molar refractivity (Wildman–Crippen MR) is 123 cm³/mol. The Balaban J connectivity index is 1.95. The van der Waals surface area contributed by atoms with Gasteiger partial charge in [-0.1, -0.05) is 54.9 Å². The SMILES string of the molecule is CCc1ccc(C(=O)CC(CC(=O)OCOC(=O)C(=O)OCOC(C)=O)c2ccc(Cl)cc2)cc1. The number of Topliss-reactive ketones (excluding diaryl/α,β-unsaturated/α-hetero) is 1. The highest BCUT2D eigenvalue weighted by molar-refractivity contribution is 6.30. The van der Waals surface area contributed by atoms with Gasteiger partial charge in [-0.05, 0) is 29.7 Å². The van der Waals surface area contributed by atoms with E-state index in [1.165, 1.54) is 0 Å². The molecule has 0 radical (unpaired) electrons. The number of hydrogen-bond donors (Lipinski definition) is 0. The molecule has 0 aliphatic heterocycles. The number of esters is 4. The lowest BCUT2D eigenvalue weighted by Crippen LogP contribution is -2.24. The summed E-state index contributed by atoms with van der Waals surface area (Å²) in [5, 5.41) is 0.504. The number of ketones is 1. The fourth-order valence-electron chi connectivity index (χ4n) is 3.00. The van der Waals surface area contributed by atoms with Crippen LogP contribution in [0.2, 0.25) is 5.02 Å². The Morgan fingerprint density at radius 1 is 0.771 bits per heavy atom. The third-order valence-corrected chi connectivity index (χ3v) is 5.15. The van der Waals surface area contributed by atoms with E-state index in [0.717, 1.165) is 18.9 Å². The van der Waals surface area contributed by atoms with Crippen molar-refractivity contribution in [1.29, 1.82) is 0 Å². The number of carbonyl (C=O) groups is 5. The molecule has 9 nitrogen and oxygen atoms in total. The second-order valence-corrected chi connectivity index (χ2v) is 7.82. The van der Waals surface area contributed by atoms with E-state index in [-0.39, 0.29) is 18.6 Å². The Labute approximate surface area is 207 Å². The van der Waals surface area contributed by atoms with Crippen LogP contribution in [-0.4, -0.2) is 43.2 Å². The van der Waals surface area contributed by atoms with E-state index in [9.17, 15) is 24.0 Å². The molecule has 2 aromatic rings. The molecule has 35 heavy (non-hydrogen) atoms. The number of rotatable bonds is 11. The summed E-state index contributed by atoms with van der Waals surface area (Å²) >= 11 is 5.95. The first-order valence-corrected chi connectivity index (χ1v) is 11.1. The second-order valence-electron chi connectivity index (χ2n) is 7.38. The maximum absolute atomic E-state index is 12.9. The number of hydrogen-bond acceptors (Lipinski definition) is 9. The summed E-state index contributed by atoms with van der Waals surface area (Å²) < 4.78 is 18.1. The van der Waals surface area contributed by atoms with Gasteiger partial charge in [-0.25, -0.2) is 9.59 Å². The van der Waals surface area contributed by atoms with Crippen LogP contribution in [-0.2, 0) is 44.5 Å². The summed E-state index contributed by atoms with van der Waals surface area (Å²) in [6.45, 7) is 1.53. The van der Waals surface area contributed by atoms with Gasteiger partial charge in [0.15, 0.2) is 5.78 Å². The van der Waals surface area contributed by atoms with E-state index < -0.39 is 43.4 Å². The third-order valence-electron chi connectivity index (χ3n) is 4.90. The molecule has 0 saturated heterocycles. The van der Waals surface area contributed by atoms with E-state index in [2.05, 4.69) is 14.2 Å². The molecule has 186 valence electrons. The van der Waals surface area contributed by atoms with Gasteiger partial charge in [-0.3, -0.25) is 14.4 Å². The highest BCUT2D eigenvalue weighted by Crippen LogP contribution is 2.27. The van der Waals surface area contributed by atoms with Crippen LogP contribution in [0.25, 0.3) is 0 Å². The minimum Gasteiger partial charge on any atom is -0.428 e. The van der Waals surface area contributed by atoms with Crippen molar-refractivity contribution < 1.29 is 42.9 Å². The molecule has 0 aliphatic carbocycles. The lowest BCUT2D eigenvalue weighted by Gasteiger charge is -2.16. The smallest absolute Gasteiger partial charge is 0.420 e. The van der Waals surface area contributed by atoms with E-state index in [4.69, 9.17) is 16.3 Å². The molecule has 0 bridgehead atoms. The Morgan fingerprint density at radius 2 is 1.34 bits per heavy atom. The minimum atomic E-state index is -1.43. The molecule has 0 spiro atoms. The number of halogens is 1.